The van der Waals surface area contributed by atoms with E-state index in [0.717, 1.165) is 17.7 Å². The fourth-order valence-electron chi connectivity index (χ4n) is 3.22. The van der Waals surface area contributed by atoms with Gasteiger partial charge in [0.05, 0.1) is 30.1 Å². The predicted molar refractivity (Wildman–Crippen MR) is 101 cm³/mol. The monoisotopic (exact) mass is 392 g/mol. The Morgan fingerprint density at radius 2 is 1.96 bits per heavy atom. The summed E-state index contributed by atoms with van der Waals surface area (Å²) >= 11 is 1.28. The lowest BCUT2D eigenvalue weighted by molar-refractivity contribution is -0.124. The number of piperidine rings is 1. The van der Waals surface area contributed by atoms with E-state index in [4.69, 9.17) is 9.47 Å². The second-order valence-electron chi connectivity index (χ2n) is 6.57. The molecular formula is C19H24N2O5S. The Balaban J connectivity index is 1.61. The van der Waals surface area contributed by atoms with Crippen molar-refractivity contribution in [1.82, 2.24) is 10.2 Å². The number of nitrogens with one attached hydrogen (secondary N) is 1. The summed E-state index contributed by atoms with van der Waals surface area (Å²) in [5.74, 6) is -0.601. The molecule has 0 bridgehead atoms. The first-order valence-electron chi connectivity index (χ1n) is 9.07. The van der Waals surface area contributed by atoms with Gasteiger partial charge >= 0.3 is 0 Å². The Morgan fingerprint density at radius 3 is 2.63 bits per heavy atom. The van der Waals surface area contributed by atoms with Crippen molar-refractivity contribution in [1.29, 1.82) is 0 Å². The molecule has 1 aromatic rings. The molecule has 27 heavy (non-hydrogen) atoms. The summed E-state index contributed by atoms with van der Waals surface area (Å²) in [6.45, 7) is 2.41. The number of hydrogen-bond acceptors (Lipinski definition) is 6. The fraction of sp³-hybridized carbons (Fsp3) is 0.526. The number of ether oxygens (including phenoxy) is 2. The minimum absolute atomic E-state index is 0.0434. The minimum Gasteiger partial charge on any atom is -0.382 e. The molecule has 7 nitrogen and oxygen atoms in total. The Hall–Kier alpha value is -1.90. The van der Waals surface area contributed by atoms with Crippen molar-refractivity contribution in [3.05, 3.63) is 29.8 Å². The highest BCUT2D eigenvalue weighted by Gasteiger charge is 2.33. The topological polar surface area (TPSA) is 84.9 Å². The van der Waals surface area contributed by atoms with Crippen molar-refractivity contribution in [3.8, 4) is 0 Å². The van der Waals surface area contributed by atoms with Gasteiger partial charge in [-0.2, -0.15) is 0 Å². The summed E-state index contributed by atoms with van der Waals surface area (Å²) in [7, 11) is 1.64. The maximum atomic E-state index is 13.0. The lowest BCUT2D eigenvalue weighted by Crippen LogP contribution is -2.41. The van der Waals surface area contributed by atoms with E-state index in [1.165, 1.54) is 11.8 Å². The maximum Gasteiger partial charge on any atom is 0.254 e. The van der Waals surface area contributed by atoms with Crippen molar-refractivity contribution in [3.63, 3.8) is 0 Å². The smallest absolute Gasteiger partial charge is 0.254 e. The molecule has 2 aliphatic heterocycles. The number of benzene rings is 1. The summed E-state index contributed by atoms with van der Waals surface area (Å²) in [6.07, 6.45) is 1.90. The number of carbonyl (C=O) groups excluding carboxylic acids is 3. The summed E-state index contributed by atoms with van der Waals surface area (Å²) in [4.78, 5) is 38.8. The van der Waals surface area contributed by atoms with E-state index in [1.54, 1.807) is 13.2 Å². The highest BCUT2D eigenvalue weighted by molar-refractivity contribution is 8.00. The molecule has 3 amide bonds. The molecule has 0 radical (unpaired) electrons. The Bertz CT molecular complexity index is 703. The summed E-state index contributed by atoms with van der Waals surface area (Å²) in [6, 6.07) is 7.26. The lowest BCUT2D eigenvalue weighted by Gasteiger charge is -2.32. The quantitative estimate of drug-likeness (QED) is 0.559. The van der Waals surface area contributed by atoms with E-state index in [1.807, 2.05) is 23.1 Å². The predicted octanol–water partition coefficient (Wildman–Crippen LogP) is 1.46. The first-order chi connectivity index (χ1) is 13.1. The van der Waals surface area contributed by atoms with Crippen LogP contribution in [0, 0.1) is 0 Å². The van der Waals surface area contributed by atoms with Gasteiger partial charge in [-0.25, -0.2) is 0 Å². The van der Waals surface area contributed by atoms with E-state index in [9.17, 15) is 14.4 Å². The average Bonchev–Trinajstić information content (AvgIpc) is 2.99. The van der Waals surface area contributed by atoms with Gasteiger partial charge in [-0.1, -0.05) is 12.1 Å². The number of carbonyl (C=O) groups is 3. The molecular weight excluding hydrogens is 368 g/mol. The Morgan fingerprint density at radius 1 is 1.22 bits per heavy atom. The summed E-state index contributed by atoms with van der Waals surface area (Å²) in [5.41, 5.74) is 0.577. The molecule has 3 rings (SSSR count). The number of methoxy groups -OCH3 is 1. The third-order valence-electron chi connectivity index (χ3n) is 4.68. The van der Waals surface area contributed by atoms with Gasteiger partial charge in [0.15, 0.2) is 0 Å². The lowest BCUT2D eigenvalue weighted by atomic mass is 10.1. The number of amides is 3. The van der Waals surface area contributed by atoms with Crippen LogP contribution in [0.5, 0.6) is 0 Å². The number of thioether (sulfide) groups is 1. The zero-order chi connectivity index (χ0) is 19.2. The molecule has 1 aromatic carbocycles. The average molecular weight is 392 g/mol. The molecule has 2 fully saturated rings. The molecule has 0 saturated carbocycles. The number of rotatable bonds is 7. The zero-order valence-corrected chi connectivity index (χ0v) is 16.1. The number of hydrogen-bond donors (Lipinski definition) is 1. The first kappa shape index (κ1) is 19.9. The van der Waals surface area contributed by atoms with E-state index in [0.29, 0.717) is 31.9 Å². The Labute approximate surface area is 162 Å². The maximum absolute atomic E-state index is 13.0. The van der Waals surface area contributed by atoms with Gasteiger partial charge in [0, 0.05) is 31.5 Å². The van der Waals surface area contributed by atoms with E-state index in [2.05, 4.69) is 5.32 Å². The van der Waals surface area contributed by atoms with Crippen molar-refractivity contribution >= 4 is 29.5 Å². The first-order valence-corrected chi connectivity index (χ1v) is 9.95. The molecule has 8 heteroatoms. The van der Waals surface area contributed by atoms with Crippen LogP contribution < -0.4 is 5.32 Å². The Kier molecular flexibility index (Phi) is 6.87. The second kappa shape index (κ2) is 9.34. The number of nitrogens with zero attached hydrogens (tertiary/aromatic N) is 1. The van der Waals surface area contributed by atoms with Crippen LogP contribution in [0.3, 0.4) is 0 Å². The highest BCUT2D eigenvalue weighted by atomic mass is 32.2. The van der Waals surface area contributed by atoms with E-state index >= 15 is 0 Å². The number of imide groups is 1. The van der Waals surface area contributed by atoms with Gasteiger partial charge in [-0.05, 0) is 25.0 Å². The van der Waals surface area contributed by atoms with Crippen LogP contribution in [0.25, 0.3) is 0 Å². The van der Waals surface area contributed by atoms with Crippen LogP contribution in [-0.4, -0.2) is 67.4 Å². The van der Waals surface area contributed by atoms with E-state index < -0.39 is 5.25 Å². The minimum atomic E-state index is -0.480. The summed E-state index contributed by atoms with van der Waals surface area (Å²) in [5, 5.41) is 1.83. The summed E-state index contributed by atoms with van der Waals surface area (Å²) < 4.78 is 10.7. The van der Waals surface area contributed by atoms with Gasteiger partial charge in [-0.3, -0.25) is 19.7 Å². The van der Waals surface area contributed by atoms with Crippen molar-refractivity contribution in [2.24, 2.45) is 0 Å². The molecule has 0 aromatic heterocycles. The third kappa shape index (κ3) is 5.09. The molecule has 0 aliphatic carbocycles. The van der Waals surface area contributed by atoms with Gasteiger partial charge in [0.25, 0.3) is 5.91 Å². The molecule has 2 heterocycles. The van der Waals surface area contributed by atoms with Crippen LogP contribution in [0.15, 0.2) is 29.2 Å². The van der Waals surface area contributed by atoms with E-state index in [-0.39, 0.29) is 30.2 Å². The van der Waals surface area contributed by atoms with Gasteiger partial charge in [0.2, 0.25) is 11.8 Å². The van der Waals surface area contributed by atoms with Crippen molar-refractivity contribution in [2.45, 2.75) is 35.5 Å². The van der Waals surface area contributed by atoms with Crippen molar-refractivity contribution in [2.75, 3.05) is 33.4 Å². The third-order valence-corrected chi connectivity index (χ3v) is 5.96. The van der Waals surface area contributed by atoms with Crippen LogP contribution in [0.4, 0.5) is 0 Å². The molecule has 0 unspecified atom stereocenters. The largest absolute Gasteiger partial charge is 0.382 e. The van der Waals surface area contributed by atoms with Crippen LogP contribution in [0.2, 0.25) is 0 Å². The molecule has 1 atom stereocenters. The second-order valence-corrected chi connectivity index (χ2v) is 7.82. The van der Waals surface area contributed by atoms with Crippen LogP contribution >= 0.6 is 11.8 Å². The fourth-order valence-corrected chi connectivity index (χ4v) is 4.37. The number of likely N-dealkylation sites (tertiary alicyclic amines) is 1. The van der Waals surface area contributed by atoms with Crippen LogP contribution in [0.1, 0.15) is 29.6 Å². The molecule has 146 valence electrons. The van der Waals surface area contributed by atoms with Gasteiger partial charge < -0.3 is 14.4 Å². The standard InChI is InChI=1S/C19H24N2O5S/c1-25-10-11-26-13-6-8-21(9-7-13)19(24)14-4-2-3-5-15(14)27-16-12-17(22)20-18(16)23/h2-5,13,16H,6-12H2,1H3,(H,20,22,23)/t16-/m1/s1. The SMILES string of the molecule is COCCOC1CCN(C(=O)c2ccccc2S[C@@H]2CC(=O)NC2=O)CC1. The zero-order valence-electron chi connectivity index (χ0n) is 15.3. The van der Waals surface area contributed by atoms with Gasteiger partial charge in [-0.15, -0.1) is 11.8 Å². The molecule has 1 N–H and O–H groups in total. The molecule has 0 spiro atoms. The highest BCUT2D eigenvalue weighted by Crippen LogP contribution is 2.31. The van der Waals surface area contributed by atoms with Gasteiger partial charge in [0.1, 0.15) is 0 Å². The molecule has 2 saturated heterocycles. The van der Waals surface area contributed by atoms with Crippen LogP contribution in [-0.2, 0) is 19.1 Å². The normalized spacial score (nSPS) is 20.8. The molecule has 2 aliphatic rings. The van der Waals surface area contributed by atoms with Crippen molar-refractivity contribution < 1.29 is 23.9 Å².